The van der Waals surface area contributed by atoms with E-state index in [4.69, 9.17) is 10.00 Å². The minimum absolute atomic E-state index is 0.294. The summed E-state index contributed by atoms with van der Waals surface area (Å²) in [6, 6.07) is 11.1. The predicted octanol–water partition coefficient (Wildman–Crippen LogP) is 2.11. The minimum Gasteiger partial charge on any atom is -0.377 e. The van der Waals surface area contributed by atoms with Gasteiger partial charge in [0.05, 0.1) is 23.3 Å². The summed E-state index contributed by atoms with van der Waals surface area (Å²) in [7, 11) is 1.58. The van der Waals surface area contributed by atoms with Crippen molar-refractivity contribution in [1.82, 2.24) is 14.8 Å². The van der Waals surface area contributed by atoms with E-state index in [1.54, 1.807) is 23.9 Å². The van der Waals surface area contributed by atoms with Crippen molar-refractivity contribution in [2.24, 2.45) is 0 Å². The molecule has 0 aliphatic carbocycles. The van der Waals surface area contributed by atoms with Gasteiger partial charge in [0, 0.05) is 12.8 Å². The molecule has 1 aromatic heterocycles. The molecule has 1 aliphatic rings. The third-order valence-electron chi connectivity index (χ3n) is 3.65. The number of nitrogens with zero attached hydrogens (tertiary/aromatic N) is 5. The normalized spacial score (nSPS) is 16.3. The van der Waals surface area contributed by atoms with Crippen molar-refractivity contribution in [3.63, 3.8) is 0 Å². The third kappa shape index (κ3) is 2.54. The van der Waals surface area contributed by atoms with Gasteiger partial charge in [-0.05, 0) is 24.6 Å². The molecule has 0 spiro atoms. The predicted molar refractivity (Wildman–Crippen MR) is 82.0 cm³/mol. The number of hydrogen-bond acceptors (Lipinski definition) is 6. The Labute approximate surface area is 133 Å². The summed E-state index contributed by atoms with van der Waals surface area (Å²) in [5.74, 6) is 1.11. The molecule has 0 saturated heterocycles. The van der Waals surface area contributed by atoms with Crippen molar-refractivity contribution in [2.45, 2.75) is 19.6 Å². The van der Waals surface area contributed by atoms with Crippen LogP contribution in [0.15, 0.2) is 35.5 Å². The van der Waals surface area contributed by atoms with Crippen LogP contribution < -0.4 is 5.32 Å². The van der Waals surface area contributed by atoms with Crippen LogP contribution in [0.2, 0.25) is 0 Å². The molecule has 0 fully saturated rings. The molecule has 1 aliphatic heterocycles. The van der Waals surface area contributed by atoms with E-state index >= 15 is 0 Å². The maximum absolute atomic E-state index is 9.54. The largest absolute Gasteiger partial charge is 0.377 e. The molecule has 114 valence electrons. The highest BCUT2D eigenvalue weighted by atomic mass is 16.5. The first-order chi connectivity index (χ1) is 11.2. The maximum Gasteiger partial charge on any atom is 0.226 e. The molecule has 7 nitrogen and oxygen atoms in total. The summed E-state index contributed by atoms with van der Waals surface area (Å²) in [4.78, 5) is 4.39. The van der Waals surface area contributed by atoms with E-state index in [9.17, 15) is 5.26 Å². The summed E-state index contributed by atoms with van der Waals surface area (Å²) in [6.07, 6.45) is 0. The third-order valence-corrected chi connectivity index (χ3v) is 3.65. The van der Waals surface area contributed by atoms with Gasteiger partial charge in [0.25, 0.3) is 0 Å². The molecular formula is C16H14N6O. The Kier molecular flexibility index (Phi) is 3.80. The number of allylic oxidation sites excluding steroid dienone is 2. The fraction of sp³-hybridized carbons (Fsp3) is 0.250. The molecule has 2 aromatic rings. The Morgan fingerprint density at radius 3 is 2.61 bits per heavy atom. The summed E-state index contributed by atoms with van der Waals surface area (Å²) in [5, 5.41) is 26.0. The lowest BCUT2D eigenvalue weighted by molar-refractivity contribution is 0.177. The van der Waals surface area contributed by atoms with Crippen LogP contribution in [0.1, 0.15) is 29.9 Å². The zero-order valence-electron chi connectivity index (χ0n) is 12.7. The summed E-state index contributed by atoms with van der Waals surface area (Å²) >= 11 is 0. The summed E-state index contributed by atoms with van der Waals surface area (Å²) in [6.45, 7) is 2.13. The molecule has 1 unspecified atom stereocenters. The molecule has 3 rings (SSSR count). The molecule has 0 bridgehead atoms. The fourth-order valence-electron chi connectivity index (χ4n) is 2.58. The number of nitriles is 2. The lowest BCUT2D eigenvalue weighted by atomic mass is 9.96. The SMILES string of the molecule is COCc1nc2n(n1)C(c1ccc(C#N)cc1)C(C#N)=C(C)N2. The van der Waals surface area contributed by atoms with Gasteiger partial charge in [-0.1, -0.05) is 12.1 Å². The smallest absolute Gasteiger partial charge is 0.226 e. The quantitative estimate of drug-likeness (QED) is 0.932. The van der Waals surface area contributed by atoms with Crippen LogP contribution in [0, 0.1) is 22.7 Å². The van der Waals surface area contributed by atoms with Gasteiger partial charge in [0.15, 0.2) is 5.82 Å². The molecule has 0 radical (unpaired) electrons. The van der Waals surface area contributed by atoms with Gasteiger partial charge in [0.1, 0.15) is 12.6 Å². The zero-order chi connectivity index (χ0) is 16.4. The number of aromatic nitrogens is 3. The van der Waals surface area contributed by atoms with Gasteiger partial charge in [-0.25, -0.2) is 4.68 Å². The molecule has 0 saturated carbocycles. The lowest BCUT2D eigenvalue weighted by Gasteiger charge is -2.25. The summed E-state index contributed by atoms with van der Waals surface area (Å²) < 4.78 is 6.76. The standard InChI is InChI=1S/C16H14N6O/c1-10-13(8-18)15(12-5-3-11(7-17)4-6-12)22-16(19-10)20-14(21-22)9-23-2/h3-6,15H,9H2,1-2H3,(H,19,20,21). The Morgan fingerprint density at radius 2 is 2.00 bits per heavy atom. The number of ether oxygens (including phenoxy) is 1. The number of nitrogens with one attached hydrogen (secondary N) is 1. The molecule has 1 N–H and O–H groups in total. The molecule has 2 heterocycles. The fourth-order valence-corrected chi connectivity index (χ4v) is 2.58. The van der Waals surface area contributed by atoms with E-state index in [0.29, 0.717) is 29.5 Å². The molecule has 7 heteroatoms. The van der Waals surface area contributed by atoms with Crippen LogP contribution in [-0.2, 0) is 11.3 Å². The second kappa shape index (κ2) is 5.91. The van der Waals surface area contributed by atoms with Gasteiger partial charge in [-0.3, -0.25) is 0 Å². The van der Waals surface area contributed by atoms with Gasteiger partial charge in [-0.2, -0.15) is 20.6 Å². The van der Waals surface area contributed by atoms with Crippen LogP contribution in [0.3, 0.4) is 0 Å². The second-order valence-electron chi connectivity index (χ2n) is 5.14. The average molecular weight is 306 g/mol. The first kappa shape index (κ1) is 14.8. The van der Waals surface area contributed by atoms with E-state index in [-0.39, 0.29) is 6.04 Å². The van der Waals surface area contributed by atoms with Crippen molar-refractivity contribution in [1.29, 1.82) is 10.5 Å². The van der Waals surface area contributed by atoms with Crippen LogP contribution in [-0.4, -0.2) is 21.9 Å². The van der Waals surface area contributed by atoms with Crippen molar-refractivity contribution in [3.8, 4) is 12.1 Å². The molecular weight excluding hydrogens is 292 g/mol. The van der Waals surface area contributed by atoms with Crippen LogP contribution in [0.4, 0.5) is 5.95 Å². The van der Waals surface area contributed by atoms with E-state index in [2.05, 4.69) is 27.5 Å². The highest BCUT2D eigenvalue weighted by Crippen LogP contribution is 2.34. The number of rotatable bonds is 3. The number of benzene rings is 1. The lowest BCUT2D eigenvalue weighted by Crippen LogP contribution is -2.24. The van der Waals surface area contributed by atoms with E-state index in [1.165, 1.54) is 0 Å². The van der Waals surface area contributed by atoms with Crippen molar-refractivity contribution >= 4 is 5.95 Å². The van der Waals surface area contributed by atoms with Crippen LogP contribution in [0.5, 0.6) is 0 Å². The van der Waals surface area contributed by atoms with Crippen LogP contribution in [0.25, 0.3) is 0 Å². The minimum atomic E-state index is -0.373. The summed E-state index contributed by atoms with van der Waals surface area (Å²) in [5.41, 5.74) is 2.75. The van der Waals surface area contributed by atoms with Gasteiger partial charge in [-0.15, -0.1) is 0 Å². The molecule has 0 amide bonds. The second-order valence-corrected chi connectivity index (χ2v) is 5.14. The monoisotopic (exact) mass is 306 g/mol. The van der Waals surface area contributed by atoms with Crippen molar-refractivity contribution in [3.05, 3.63) is 52.5 Å². The van der Waals surface area contributed by atoms with Gasteiger partial charge in [0.2, 0.25) is 5.95 Å². The average Bonchev–Trinajstić information content (AvgIpc) is 2.96. The number of anilines is 1. The van der Waals surface area contributed by atoms with Gasteiger partial charge < -0.3 is 10.1 Å². The maximum atomic E-state index is 9.54. The Hall–Kier alpha value is -3.16. The highest BCUT2D eigenvalue weighted by molar-refractivity contribution is 5.52. The van der Waals surface area contributed by atoms with E-state index in [1.807, 2.05) is 19.1 Å². The first-order valence-electron chi connectivity index (χ1n) is 7.00. The Bertz CT molecular complexity index is 850. The molecule has 1 aromatic carbocycles. The van der Waals surface area contributed by atoms with Crippen molar-refractivity contribution in [2.75, 3.05) is 12.4 Å². The van der Waals surface area contributed by atoms with Crippen molar-refractivity contribution < 1.29 is 4.74 Å². The van der Waals surface area contributed by atoms with Crippen LogP contribution >= 0.6 is 0 Å². The first-order valence-corrected chi connectivity index (χ1v) is 7.00. The topological polar surface area (TPSA) is 99.5 Å². The van der Waals surface area contributed by atoms with E-state index < -0.39 is 0 Å². The Balaban J connectivity index is 2.12. The number of hydrogen-bond donors (Lipinski definition) is 1. The highest BCUT2D eigenvalue weighted by Gasteiger charge is 2.30. The molecule has 1 atom stereocenters. The number of fused-ring (bicyclic) bond motifs is 1. The zero-order valence-corrected chi connectivity index (χ0v) is 12.7. The molecule has 23 heavy (non-hydrogen) atoms. The van der Waals surface area contributed by atoms with E-state index in [0.717, 1.165) is 11.3 Å². The Morgan fingerprint density at radius 1 is 1.26 bits per heavy atom. The number of methoxy groups -OCH3 is 1. The van der Waals surface area contributed by atoms with Gasteiger partial charge >= 0.3 is 0 Å².